The average Bonchev–Trinajstić information content (AvgIpc) is 2.53. The van der Waals surface area contributed by atoms with Crippen molar-refractivity contribution in [3.63, 3.8) is 0 Å². The topological polar surface area (TPSA) is 93.2 Å². The van der Waals surface area contributed by atoms with Gasteiger partial charge < -0.3 is 20.7 Å². The summed E-state index contributed by atoms with van der Waals surface area (Å²) < 4.78 is 2.20. The number of anilines is 1. The Morgan fingerprint density at radius 2 is 2.27 bits per heavy atom. The highest BCUT2D eigenvalue weighted by Crippen LogP contribution is 2.34. The molecule has 1 aromatic heterocycles. The van der Waals surface area contributed by atoms with Crippen molar-refractivity contribution in [1.82, 2.24) is 14.9 Å². The van der Waals surface area contributed by atoms with E-state index < -0.39 is 0 Å². The maximum atomic E-state index is 12.3. The number of piperidine rings is 1. The normalized spacial score (nSPS) is 18.3. The van der Waals surface area contributed by atoms with Gasteiger partial charge in [-0.25, -0.2) is 4.98 Å². The fraction of sp³-hybridized carbons (Fsp3) is 0.333. The molecule has 1 aliphatic rings. The molecule has 0 radical (unpaired) electrons. The smallest absolute Gasteiger partial charge is 0.293 e. The van der Waals surface area contributed by atoms with E-state index in [0.717, 1.165) is 25.9 Å². The van der Waals surface area contributed by atoms with Crippen LogP contribution in [0.1, 0.15) is 18.9 Å². The maximum absolute atomic E-state index is 12.3. The Morgan fingerprint density at radius 3 is 3.00 bits per heavy atom. The van der Waals surface area contributed by atoms with Crippen LogP contribution in [0.4, 0.5) is 5.82 Å². The van der Waals surface area contributed by atoms with Gasteiger partial charge in [-0.2, -0.15) is 0 Å². The molecule has 0 aliphatic carbocycles. The third kappa shape index (κ3) is 2.74. The summed E-state index contributed by atoms with van der Waals surface area (Å²) in [5.74, 6) is 0.0313. The number of aromatic hydroxyl groups is 1. The Morgan fingerprint density at radius 1 is 1.45 bits per heavy atom. The first-order chi connectivity index (χ1) is 10.6. The lowest BCUT2D eigenvalue weighted by atomic mass is 10.1. The number of aromatic nitrogens is 2. The second-order valence-electron chi connectivity index (χ2n) is 5.36. The van der Waals surface area contributed by atoms with Crippen molar-refractivity contribution in [2.75, 3.05) is 18.8 Å². The van der Waals surface area contributed by atoms with E-state index in [1.54, 1.807) is 29.0 Å². The van der Waals surface area contributed by atoms with Crippen LogP contribution in [0.25, 0.3) is 11.3 Å². The molecule has 1 unspecified atom stereocenters. The molecule has 0 bridgehead atoms. The van der Waals surface area contributed by atoms with E-state index in [4.69, 9.17) is 5.73 Å². The third-order valence-corrected chi connectivity index (χ3v) is 4.52. The second kappa shape index (κ2) is 6.10. The number of phenolic OH excluding ortho intramolecular Hbond substituents is 1. The summed E-state index contributed by atoms with van der Waals surface area (Å²) in [4.78, 5) is 16.4. The molecule has 2 aromatic rings. The zero-order valence-electron chi connectivity index (χ0n) is 11.9. The van der Waals surface area contributed by atoms with Crippen LogP contribution in [0.3, 0.4) is 0 Å². The predicted octanol–water partition coefficient (Wildman–Crippen LogP) is 1.89. The fourth-order valence-corrected chi connectivity index (χ4v) is 3.09. The predicted molar refractivity (Wildman–Crippen MR) is 88.9 cm³/mol. The Labute approximate surface area is 136 Å². The van der Waals surface area contributed by atoms with Crippen molar-refractivity contribution < 1.29 is 5.11 Å². The lowest BCUT2D eigenvalue weighted by Crippen LogP contribution is -2.37. The zero-order chi connectivity index (χ0) is 15.7. The average molecular weight is 365 g/mol. The number of nitrogens with one attached hydrogen (secondary N) is 1. The number of hydrogen-bond acceptors (Lipinski definition) is 5. The molecule has 1 aromatic carbocycles. The van der Waals surface area contributed by atoms with Gasteiger partial charge in [0, 0.05) is 24.3 Å². The van der Waals surface area contributed by atoms with Gasteiger partial charge in [-0.1, -0.05) is 6.07 Å². The first-order valence-corrected chi connectivity index (χ1v) is 7.94. The standard InChI is InChI=1S/C15H17BrN4O2/c16-11-5-1-4-10(13(11)21)12-8-20(15(22)14(17)19-12)9-3-2-6-18-7-9/h1,4-5,8-9,18,21H,2-3,6-7H2,(H2,17,19). The molecule has 0 saturated carbocycles. The monoisotopic (exact) mass is 364 g/mol. The van der Waals surface area contributed by atoms with Crippen LogP contribution in [0.5, 0.6) is 5.75 Å². The lowest BCUT2D eigenvalue weighted by Gasteiger charge is -2.25. The molecule has 1 aliphatic heterocycles. The van der Waals surface area contributed by atoms with Gasteiger partial charge in [-0.15, -0.1) is 0 Å². The lowest BCUT2D eigenvalue weighted by molar-refractivity contribution is 0.364. The van der Waals surface area contributed by atoms with Crippen molar-refractivity contribution >= 4 is 21.7 Å². The molecular formula is C15H17BrN4O2. The number of hydrogen-bond donors (Lipinski definition) is 3. The second-order valence-corrected chi connectivity index (χ2v) is 6.21. The Kier molecular flexibility index (Phi) is 4.17. The molecule has 1 saturated heterocycles. The van der Waals surface area contributed by atoms with Gasteiger partial charge in [0.05, 0.1) is 10.2 Å². The van der Waals surface area contributed by atoms with E-state index in [2.05, 4.69) is 26.2 Å². The van der Waals surface area contributed by atoms with Crippen LogP contribution < -0.4 is 16.6 Å². The minimum absolute atomic E-state index is 0.0533. The van der Waals surface area contributed by atoms with Gasteiger partial charge >= 0.3 is 0 Å². The Bertz CT molecular complexity index is 754. The first kappa shape index (κ1) is 15.1. The van der Waals surface area contributed by atoms with E-state index in [9.17, 15) is 9.90 Å². The highest BCUT2D eigenvalue weighted by Gasteiger charge is 2.19. The molecule has 7 heteroatoms. The summed E-state index contributed by atoms with van der Waals surface area (Å²) in [6, 6.07) is 5.34. The summed E-state index contributed by atoms with van der Waals surface area (Å²) in [7, 11) is 0. The van der Waals surface area contributed by atoms with Gasteiger partial charge in [0.1, 0.15) is 5.75 Å². The molecule has 2 heterocycles. The number of nitrogen functional groups attached to an aromatic ring is 1. The molecule has 22 heavy (non-hydrogen) atoms. The van der Waals surface area contributed by atoms with Crippen LogP contribution in [-0.4, -0.2) is 27.7 Å². The van der Waals surface area contributed by atoms with E-state index in [-0.39, 0.29) is 23.2 Å². The molecule has 3 rings (SSSR count). The Hall–Kier alpha value is -1.86. The molecule has 1 fully saturated rings. The van der Waals surface area contributed by atoms with Gasteiger partial charge in [0.15, 0.2) is 5.82 Å². The summed E-state index contributed by atoms with van der Waals surface area (Å²) in [5, 5.41) is 13.5. The SMILES string of the molecule is Nc1nc(-c2cccc(Br)c2O)cn(C2CCCNC2)c1=O. The minimum atomic E-state index is -0.285. The van der Waals surface area contributed by atoms with Crippen molar-refractivity contribution in [2.24, 2.45) is 0 Å². The summed E-state index contributed by atoms with van der Waals surface area (Å²) >= 11 is 3.28. The molecular weight excluding hydrogens is 348 g/mol. The van der Waals surface area contributed by atoms with Crippen LogP contribution in [-0.2, 0) is 0 Å². The molecule has 6 nitrogen and oxygen atoms in total. The number of nitrogens with zero attached hydrogens (tertiary/aromatic N) is 2. The summed E-state index contributed by atoms with van der Waals surface area (Å²) in [5.41, 5.74) is 6.54. The van der Waals surface area contributed by atoms with Gasteiger partial charge in [-0.3, -0.25) is 4.79 Å². The van der Waals surface area contributed by atoms with Crippen LogP contribution in [0.15, 0.2) is 33.7 Å². The number of para-hydroxylation sites is 1. The van der Waals surface area contributed by atoms with E-state index >= 15 is 0 Å². The molecule has 1 atom stereocenters. The van der Waals surface area contributed by atoms with E-state index in [1.165, 1.54) is 0 Å². The molecule has 0 amide bonds. The number of benzene rings is 1. The van der Waals surface area contributed by atoms with Crippen molar-refractivity contribution in [2.45, 2.75) is 18.9 Å². The van der Waals surface area contributed by atoms with E-state index in [1.807, 2.05) is 0 Å². The van der Waals surface area contributed by atoms with Crippen molar-refractivity contribution in [3.8, 4) is 17.0 Å². The quantitative estimate of drug-likeness (QED) is 0.756. The zero-order valence-corrected chi connectivity index (χ0v) is 13.5. The third-order valence-electron chi connectivity index (χ3n) is 3.88. The number of halogens is 1. The van der Waals surface area contributed by atoms with Crippen LogP contribution in [0.2, 0.25) is 0 Å². The van der Waals surface area contributed by atoms with Gasteiger partial charge in [0.2, 0.25) is 0 Å². The van der Waals surface area contributed by atoms with Crippen molar-refractivity contribution in [1.29, 1.82) is 0 Å². The molecule has 116 valence electrons. The number of nitrogens with two attached hydrogens (primary N) is 1. The minimum Gasteiger partial charge on any atom is -0.506 e. The van der Waals surface area contributed by atoms with Crippen LogP contribution in [0, 0.1) is 0 Å². The highest BCUT2D eigenvalue weighted by molar-refractivity contribution is 9.10. The molecule has 4 N–H and O–H groups in total. The van der Waals surface area contributed by atoms with Crippen molar-refractivity contribution in [3.05, 3.63) is 39.2 Å². The fourth-order valence-electron chi connectivity index (χ4n) is 2.72. The van der Waals surface area contributed by atoms with E-state index in [0.29, 0.717) is 15.7 Å². The maximum Gasteiger partial charge on any atom is 0.293 e. The van der Waals surface area contributed by atoms with Gasteiger partial charge in [0.25, 0.3) is 5.56 Å². The molecule has 0 spiro atoms. The summed E-state index contributed by atoms with van der Waals surface area (Å²) in [6.45, 7) is 1.69. The van der Waals surface area contributed by atoms with Crippen LogP contribution >= 0.6 is 15.9 Å². The summed E-state index contributed by atoms with van der Waals surface area (Å²) in [6.07, 6.45) is 3.61. The largest absolute Gasteiger partial charge is 0.506 e. The highest BCUT2D eigenvalue weighted by atomic mass is 79.9. The van der Waals surface area contributed by atoms with Gasteiger partial charge in [-0.05, 0) is 47.4 Å². The number of phenols is 1. The first-order valence-electron chi connectivity index (χ1n) is 7.15. The Balaban J connectivity index is 2.11. The number of rotatable bonds is 2.